The molecule has 0 atom stereocenters. The van der Waals surface area contributed by atoms with Crippen LogP contribution in [0.4, 0.5) is 0 Å². The van der Waals surface area contributed by atoms with Gasteiger partial charge < -0.3 is 30.0 Å². The van der Waals surface area contributed by atoms with Crippen molar-refractivity contribution in [2.24, 2.45) is 10.7 Å². The molecule has 0 heterocycles. The number of nitrogens with one attached hydrogen (secondary N) is 1. The second-order valence-corrected chi connectivity index (χ2v) is 4.79. The van der Waals surface area contributed by atoms with Gasteiger partial charge in [0.25, 0.3) is 0 Å². The molecule has 134 valence electrons. The molecule has 8 heteroatoms. The van der Waals surface area contributed by atoms with E-state index in [1.54, 1.807) is 19.2 Å². The molecule has 0 aliphatic heterocycles. The van der Waals surface area contributed by atoms with E-state index in [9.17, 15) is 4.79 Å². The minimum Gasteiger partial charge on any atom is -0.493 e. The minimum absolute atomic E-state index is 0.306. The molecule has 0 saturated carbocycles. The lowest BCUT2D eigenvalue weighted by molar-refractivity contribution is 0.0497. The van der Waals surface area contributed by atoms with Crippen LogP contribution in [0.1, 0.15) is 23.2 Å². The van der Waals surface area contributed by atoms with Gasteiger partial charge in [0.15, 0.2) is 17.5 Å². The van der Waals surface area contributed by atoms with Gasteiger partial charge in [-0.3, -0.25) is 4.99 Å². The number of methoxy groups -OCH3 is 3. The Morgan fingerprint density at radius 1 is 1.12 bits per heavy atom. The molecular formula is C16H25N3O5. The number of rotatable bonds is 9. The van der Waals surface area contributed by atoms with Crippen LogP contribution in [0, 0.1) is 0 Å². The monoisotopic (exact) mass is 339 g/mol. The van der Waals surface area contributed by atoms with E-state index in [0.717, 1.165) is 6.42 Å². The second-order valence-electron chi connectivity index (χ2n) is 4.79. The van der Waals surface area contributed by atoms with Crippen molar-refractivity contribution in [3.63, 3.8) is 0 Å². The molecule has 1 aromatic carbocycles. The van der Waals surface area contributed by atoms with Crippen LogP contribution < -0.4 is 25.3 Å². The van der Waals surface area contributed by atoms with Gasteiger partial charge in [-0.05, 0) is 25.0 Å². The normalized spacial score (nSPS) is 10.9. The van der Waals surface area contributed by atoms with Crippen molar-refractivity contribution in [3.05, 3.63) is 17.7 Å². The zero-order valence-corrected chi connectivity index (χ0v) is 14.5. The van der Waals surface area contributed by atoms with Gasteiger partial charge in [0.05, 0.1) is 33.5 Å². The molecule has 1 aromatic rings. The summed E-state index contributed by atoms with van der Waals surface area (Å²) in [7, 11) is 6.10. The predicted octanol–water partition coefficient (Wildman–Crippen LogP) is 1.18. The first-order valence-electron chi connectivity index (χ1n) is 7.50. The Morgan fingerprint density at radius 2 is 1.75 bits per heavy atom. The smallest absolute Gasteiger partial charge is 0.338 e. The van der Waals surface area contributed by atoms with E-state index in [-0.39, 0.29) is 0 Å². The number of nitrogens with zero attached hydrogens (tertiary/aromatic N) is 1. The van der Waals surface area contributed by atoms with Crippen molar-refractivity contribution in [2.75, 3.05) is 41.5 Å². The summed E-state index contributed by atoms with van der Waals surface area (Å²) < 4.78 is 20.9. The van der Waals surface area contributed by atoms with E-state index < -0.39 is 5.97 Å². The van der Waals surface area contributed by atoms with Crippen LogP contribution in [-0.2, 0) is 4.74 Å². The van der Waals surface area contributed by atoms with Gasteiger partial charge in [0.2, 0.25) is 5.75 Å². The Morgan fingerprint density at radius 3 is 2.25 bits per heavy atom. The zero-order valence-electron chi connectivity index (χ0n) is 14.5. The van der Waals surface area contributed by atoms with Crippen LogP contribution >= 0.6 is 0 Å². The summed E-state index contributed by atoms with van der Waals surface area (Å²) in [4.78, 5) is 15.9. The molecule has 0 aromatic heterocycles. The van der Waals surface area contributed by atoms with Crippen LogP contribution in [0.2, 0.25) is 0 Å². The Balaban J connectivity index is 2.56. The molecule has 0 aliphatic rings. The minimum atomic E-state index is -0.447. The number of benzene rings is 1. The molecule has 24 heavy (non-hydrogen) atoms. The molecule has 0 radical (unpaired) electrons. The fourth-order valence-electron chi connectivity index (χ4n) is 1.97. The molecule has 0 saturated heterocycles. The molecule has 0 unspecified atom stereocenters. The van der Waals surface area contributed by atoms with Crippen molar-refractivity contribution in [1.82, 2.24) is 5.32 Å². The number of carbonyl (C=O) groups excluding carboxylic acids is 1. The Labute approximate surface area is 141 Å². The number of nitrogens with two attached hydrogens (primary N) is 1. The highest BCUT2D eigenvalue weighted by Gasteiger charge is 2.17. The Bertz CT molecular complexity index is 550. The fourth-order valence-corrected chi connectivity index (χ4v) is 1.97. The first-order chi connectivity index (χ1) is 11.6. The van der Waals surface area contributed by atoms with Crippen molar-refractivity contribution in [2.45, 2.75) is 12.8 Å². The third-order valence-corrected chi connectivity index (χ3v) is 3.25. The van der Waals surface area contributed by atoms with Crippen molar-refractivity contribution < 1.29 is 23.7 Å². The second kappa shape index (κ2) is 10.2. The number of ether oxygens (including phenoxy) is 4. The Hall–Kier alpha value is -2.64. The van der Waals surface area contributed by atoms with Gasteiger partial charge >= 0.3 is 5.97 Å². The van der Waals surface area contributed by atoms with E-state index in [4.69, 9.17) is 24.7 Å². The number of aliphatic imine (C=N–C) groups is 1. The quantitative estimate of drug-likeness (QED) is 0.301. The lowest BCUT2D eigenvalue weighted by Crippen LogP contribution is -2.32. The topological polar surface area (TPSA) is 104 Å². The van der Waals surface area contributed by atoms with Crippen molar-refractivity contribution in [3.8, 4) is 17.2 Å². The lowest BCUT2D eigenvalue weighted by atomic mass is 10.2. The molecule has 0 aliphatic carbocycles. The first-order valence-corrected chi connectivity index (χ1v) is 7.50. The molecule has 0 fully saturated rings. The number of guanidine groups is 1. The molecule has 0 spiro atoms. The van der Waals surface area contributed by atoms with Crippen LogP contribution in [0.5, 0.6) is 17.2 Å². The molecule has 8 nitrogen and oxygen atoms in total. The van der Waals surface area contributed by atoms with E-state index in [0.29, 0.717) is 48.3 Å². The van der Waals surface area contributed by atoms with Crippen LogP contribution in [0.15, 0.2) is 17.1 Å². The molecule has 3 N–H and O–H groups in total. The SMILES string of the molecule is CN=C(N)NCCCCOC(=O)c1cc(OC)c(OC)c(OC)c1. The average Bonchev–Trinajstić information content (AvgIpc) is 2.62. The number of unbranched alkanes of at least 4 members (excludes halogenated alkanes) is 1. The highest BCUT2D eigenvalue weighted by atomic mass is 16.5. The van der Waals surface area contributed by atoms with Gasteiger partial charge in [-0.15, -0.1) is 0 Å². The van der Waals surface area contributed by atoms with Gasteiger partial charge in [-0.1, -0.05) is 0 Å². The van der Waals surface area contributed by atoms with Gasteiger partial charge in [-0.2, -0.15) is 0 Å². The van der Waals surface area contributed by atoms with Gasteiger partial charge in [-0.25, -0.2) is 4.79 Å². The Kier molecular flexibility index (Phi) is 8.24. The standard InChI is InChI=1S/C16H25N3O5/c1-18-16(17)19-7-5-6-8-24-15(20)11-9-12(21-2)14(23-4)13(10-11)22-3/h9-10H,5-8H2,1-4H3,(H3,17,18,19). The molecule has 0 bridgehead atoms. The summed E-state index contributed by atoms with van der Waals surface area (Å²) in [6.45, 7) is 0.977. The van der Waals surface area contributed by atoms with Crippen LogP contribution in [-0.4, -0.2) is 53.5 Å². The van der Waals surface area contributed by atoms with E-state index in [1.165, 1.54) is 21.3 Å². The number of hydrogen-bond acceptors (Lipinski definition) is 6. The largest absolute Gasteiger partial charge is 0.493 e. The number of hydrogen-bond donors (Lipinski definition) is 2. The zero-order chi connectivity index (χ0) is 17.9. The summed E-state index contributed by atoms with van der Waals surface area (Å²) in [6, 6.07) is 3.12. The lowest BCUT2D eigenvalue weighted by Gasteiger charge is -2.13. The van der Waals surface area contributed by atoms with Crippen molar-refractivity contribution >= 4 is 11.9 Å². The summed E-state index contributed by atoms with van der Waals surface area (Å²) in [6.07, 6.45) is 1.51. The maximum absolute atomic E-state index is 12.1. The molecular weight excluding hydrogens is 314 g/mol. The number of carbonyl (C=O) groups is 1. The summed E-state index contributed by atoms with van der Waals surface area (Å²) >= 11 is 0. The third kappa shape index (κ3) is 5.53. The summed E-state index contributed by atoms with van der Waals surface area (Å²) in [5.41, 5.74) is 5.85. The predicted molar refractivity (Wildman–Crippen MR) is 91.2 cm³/mol. The highest BCUT2D eigenvalue weighted by Crippen LogP contribution is 2.38. The van der Waals surface area contributed by atoms with Crippen LogP contribution in [0.3, 0.4) is 0 Å². The molecule has 0 amide bonds. The number of esters is 1. The summed E-state index contributed by atoms with van der Waals surface area (Å²) in [5, 5.41) is 2.94. The highest BCUT2D eigenvalue weighted by molar-refractivity contribution is 5.91. The maximum Gasteiger partial charge on any atom is 0.338 e. The third-order valence-electron chi connectivity index (χ3n) is 3.25. The van der Waals surface area contributed by atoms with Gasteiger partial charge in [0, 0.05) is 13.6 Å². The van der Waals surface area contributed by atoms with Gasteiger partial charge in [0.1, 0.15) is 0 Å². The van der Waals surface area contributed by atoms with Crippen LogP contribution in [0.25, 0.3) is 0 Å². The van der Waals surface area contributed by atoms with E-state index in [2.05, 4.69) is 10.3 Å². The molecule has 1 rings (SSSR count). The summed E-state index contributed by atoms with van der Waals surface area (Å²) in [5.74, 6) is 1.18. The maximum atomic E-state index is 12.1. The van der Waals surface area contributed by atoms with E-state index in [1.807, 2.05) is 0 Å². The fraction of sp³-hybridized carbons (Fsp3) is 0.500. The first kappa shape index (κ1) is 19.4. The average molecular weight is 339 g/mol. The van der Waals surface area contributed by atoms with E-state index >= 15 is 0 Å². The van der Waals surface area contributed by atoms with Crippen molar-refractivity contribution in [1.29, 1.82) is 0 Å².